The number of aromatic amines is 1. The molecule has 18 heavy (non-hydrogen) atoms. The first kappa shape index (κ1) is 12.8. The summed E-state index contributed by atoms with van der Waals surface area (Å²) in [5.41, 5.74) is 6.06. The number of H-pyrrole nitrogens is 1. The van der Waals surface area contributed by atoms with Crippen LogP contribution < -0.4 is 5.73 Å². The zero-order valence-electron chi connectivity index (χ0n) is 10.2. The number of halogens is 1. The SMILES string of the molecule is CC(C)(CC(N)=O)n1c(=S)[nH]c2cc(F)ccc21. The van der Waals surface area contributed by atoms with Gasteiger partial charge in [-0.05, 0) is 44.3 Å². The second-order valence-corrected chi connectivity index (χ2v) is 5.27. The van der Waals surface area contributed by atoms with Crippen molar-refractivity contribution in [3.05, 3.63) is 28.8 Å². The van der Waals surface area contributed by atoms with Gasteiger partial charge in [0.2, 0.25) is 5.91 Å². The molecule has 0 bridgehead atoms. The molecule has 0 unspecified atom stereocenters. The van der Waals surface area contributed by atoms with Crippen LogP contribution in [0.4, 0.5) is 4.39 Å². The summed E-state index contributed by atoms with van der Waals surface area (Å²) in [6.45, 7) is 3.73. The quantitative estimate of drug-likeness (QED) is 0.839. The van der Waals surface area contributed by atoms with E-state index >= 15 is 0 Å². The topological polar surface area (TPSA) is 63.8 Å². The molecule has 0 spiro atoms. The highest BCUT2D eigenvalue weighted by Crippen LogP contribution is 2.26. The van der Waals surface area contributed by atoms with Crippen molar-refractivity contribution in [1.82, 2.24) is 9.55 Å². The molecule has 0 aliphatic rings. The van der Waals surface area contributed by atoms with Crippen molar-refractivity contribution >= 4 is 29.2 Å². The molecule has 0 saturated heterocycles. The summed E-state index contributed by atoms with van der Waals surface area (Å²) >= 11 is 5.23. The fourth-order valence-electron chi connectivity index (χ4n) is 2.19. The number of primary amides is 1. The van der Waals surface area contributed by atoms with Gasteiger partial charge in [-0.3, -0.25) is 4.79 Å². The van der Waals surface area contributed by atoms with Crippen molar-refractivity contribution in [3.63, 3.8) is 0 Å². The third-order valence-corrected chi connectivity index (χ3v) is 3.14. The van der Waals surface area contributed by atoms with Crippen LogP contribution in [0.1, 0.15) is 20.3 Å². The number of carbonyl (C=O) groups excluding carboxylic acids is 1. The Morgan fingerprint density at radius 1 is 1.56 bits per heavy atom. The van der Waals surface area contributed by atoms with Crippen molar-refractivity contribution in [2.24, 2.45) is 5.73 Å². The highest BCUT2D eigenvalue weighted by molar-refractivity contribution is 7.71. The summed E-state index contributed by atoms with van der Waals surface area (Å²) in [4.78, 5) is 14.0. The average molecular weight is 267 g/mol. The van der Waals surface area contributed by atoms with E-state index in [2.05, 4.69) is 4.98 Å². The van der Waals surface area contributed by atoms with Crippen LogP contribution in [-0.4, -0.2) is 15.5 Å². The molecule has 96 valence electrons. The first-order valence-corrected chi connectivity index (χ1v) is 5.91. The van der Waals surface area contributed by atoms with E-state index in [1.54, 1.807) is 10.6 Å². The molecule has 0 aliphatic carbocycles. The molecular formula is C12H14FN3OS. The third-order valence-electron chi connectivity index (χ3n) is 2.86. The molecule has 0 radical (unpaired) electrons. The number of nitrogens with two attached hydrogens (primary N) is 1. The van der Waals surface area contributed by atoms with E-state index in [4.69, 9.17) is 18.0 Å². The first-order valence-electron chi connectivity index (χ1n) is 5.50. The van der Waals surface area contributed by atoms with Gasteiger partial charge in [0, 0.05) is 6.42 Å². The summed E-state index contributed by atoms with van der Waals surface area (Å²) in [5, 5.41) is 0. The predicted octanol–water partition coefficient (Wildman–Crippen LogP) is 2.45. The molecule has 1 aromatic carbocycles. The Morgan fingerprint density at radius 3 is 2.83 bits per heavy atom. The fraction of sp³-hybridized carbons (Fsp3) is 0.333. The van der Waals surface area contributed by atoms with Gasteiger partial charge in [-0.25, -0.2) is 4.39 Å². The van der Waals surface area contributed by atoms with Crippen LogP contribution in [0.3, 0.4) is 0 Å². The summed E-state index contributed by atoms with van der Waals surface area (Å²) < 4.78 is 15.4. The standard InChI is InChI=1S/C12H14FN3OS/c1-12(2,6-10(14)17)16-9-4-3-7(13)5-8(9)15-11(16)18/h3-5H,6H2,1-2H3,(H2,14,17)(H,15,18). The van der Waals surface area contributed by atoms with Gasteiger partial charge in [-0.15, -0.1) is 0 Å². The number of aromatic nitrogens is 2. The number of nitrogens with one attached hydrogen (secondary N) is 1. The lowest BCUT2D eigenvalue weighted by Crippen LogP contribution is -2.32. The van der Waals surface area contributed by atoms with Gasteiger partial charge in [0.15, 0.2) is 4.77 Å². The number of imidazole rings is 1. The number of benzene rings is 1. The van der Waals surface area contributed by atoms with Gasteiger partial charge in [-0.2, -0.15) is 0 Å². The molecule has 0 atom stereocenters. The van der Waals surface area contributed by atoms with Gasteiger partial charge in [0.25, 0.3) is 0 Å². The molecule has 6 heteroatoms. The minimum atomic E-state index is -0.557. The normalized spacial score (nSPS) is 11.9. The zero-order valence-corrected chi connectivity index (χ0v) is 11.0. The Kier molecular flexibility index (Phi) is 2.98. The Labute approximate surface area is 109 Å². The number of amides is 1. The summed E-state index contributed by atoms with van der Waals surface area (Å²) in [6, 6.07) is 4.38. The van der Waals surface area contributed by atoms with Gasteiger partial charge in [0.1, 0.15) is 5.82 Å². The lowest BCUT2D eigenvalue weighted by molar-refractivity contribution is -0.119. The summed E-state index contributed by atoms with van der Waals surface area (Å²) in [7, 11) is 0. The average Bonchev–Trinajstić information content (AvgIpc) is 2.51. The molecule has 3 N–H and O–H groups in total. The molecular weight excluding hydrogens is 253 g/mol. The number of nitrogens with zero attached hydrogens (tertiary/aromatic N) is 1. The van der Waals surface area contributed by atoms with Gasteiger partial charge in [-0.1, -0.05) is 0 Å². The number of carbonyl (C=O) groups is 1. The predicted molar refractivity (Wildman–Crippen MR) is 70.2 cm³/mol. The van der Waals surface area contributed by atoms with Crippen LogP contribution >= 0.6 is 12.2 Å². The molecule has 1 aromatic heterocycles. The summed E-state index contributed by atoms with van der Waals surface area (Å²) in [6.07, 6.45) is 0.158. The maximum Gasteiger partial charge on any atom is 0.219 e. The smallest absolute Gasteiger partial charge is 0.219 e. The van der Waals surface area contributed by atoms with Crippen LogP contribution in [0.25, 0.3) is 11.0 Å². The monoisotopic (exact) mass is 267 g/mol. The van der Waals surface area contributed by atoms with Crippen LogP contribution in [0.5, 0.6) is 0 Å². The number of hydrogen-bond donors (Lipinski definition) is 2. The van der Waals surface area contributed by atoms with E-state index in [0.717, 1.165) is 5.52 Å². The molecule has 1 heterocycles. The second-order valence-electron chi connectivity index (χ2n) is 4.88. The highest BCUT2D eigenvalue weighted by Gasteiger charge is 2.25. The van der Waals surface area contributed by atoms with Crippen LogP contribution in [0, 0.1) is 10.6 Å². The molecule has 2 rings (SSSR count). The molecule has 2 aromatic rings. The Hall–Kier alpha value is -1.69. The lowest BCUT2D eigenvalue weighted by atomic mass is 10.00. The third kappa shape index (κ3) is 2.15. The molecule has 4 nitrogen and oxygen atoms in total. The molecule has 1 amide bonds. The highest BCUT2D eigenvalue weighted by atomic mass is 32.1. The molecule has 0 aliphatic heterocycles. The van der Waals surface area contributed by atoms with Crippen molar-refractivity contribution in [2.75, 3.05) is 0 Å². The van der Waals surface area contributed by atoms with Gasteiger partial charge < -0.3 is 15.3 Å². The van der Waals surface area contributed by atoms with Crippen molar-refractivity contribution in [3.8, 4) is 0 Å². The maximum absolute atomic E-state index is 13.1. The summed E-state index contributed by atoms with van der Waals surface area (Å²) in [5.74, 6) is -0.739. The minimum absolute atomic E-state index is 0.158. The van der Waals surface area contributed by atoms with Crippen molar-refractivity contribution in [2.45, 2.75) is 25.8 Å². The first-order chi connectivity index (χ1) is 8.31. The molecule has 0 fully saturated rings. The fourth-order valence-corrected chi connectivity index (χ4v) is 2.65. The van der Waals surface area contributed by atoms with Crippen LogP contribution in [0.15, 0.2) is 18.2 Å². The Balaban J connectivity index is 2.67. The maximum atomic E-state index is 13.1. The van der Waals surface area contributed by atoms with Crippen LogP contribution in [0.2, 0.25) is 0 Å². The van der Waals surface area contributed by atoms with Gasteiger partial charge >= 0.3 is 0 Å². The second kappa shape index (κ2) is 4.20. The largest absolute Gasteiger partial charge is 0.370 e. The van der Waals surface area contributed by atoms with E-state index in [0.29, 0.717) is 10.3 Å². The van der Waals surface area contributed by atoms with E-state index < -0.39 is 11.4 Å². The lowest BCUT2D eigenvalue weighted by Gasteiger charge is -2.26. The van der Waals surface area contributed by atoms with Crippen molar-refractivity contribution < 1.29 is 9.18 Å². The van der Waals surface area contributed by atoms with E-state index in [9.17, 15) is 9.18 Å². The van der Waals surface area contributed by atoms with Crippen molar-refractivity contribution in [1.29, 1.82) is 0 Å². The van der Waals surface area contributed by atoms with E-state index in [-0.39, 0.29) is 12.2 Å². The van der Waals surface area contributed by atoms with Gasteiger partial charge in [0.05, 0.1) is 16.6 Å². The zero-order chi connectivity index (χ0) is 13.5. The minimum Gasteiger partial charge on any atom is -0.370 e. The molecule has 0 saturated carbocycles. The Bertz CT molecular complexity index is 672. The number of hydrogen-bond acceptors (Lipinski definition) is 2. The van der Waals surface area contributed by atoms with E-state index in [1.165, 1.54) is 12.1 Å². The van der Waals surface area contributed by atoms with Crippen LogP contribution in [-0.2, 0) is 10.3 Å². The van der Waals surface area contributed by atoms with E-state index in [1.807, 2.05) is 13.8 Å². The number of rotatable bonds is 3. The Morgan fingerprint density at radius 2 is 2.22 bits per heavy atom. The number of fused-ring (bicyclic) bond motifs is 1.